The molecule has 2 heterocycles. The van der Waals surface area contributed by atoms with E-state index in [9.17, 15) is 13.2 Å². The van der Waals surface area contributed by atoms with Gasteiger partial charge in [-0.3, -0.25) is 4.79 Å². The van der Waals surface area contributed by atoms with Crippen molar-refractivity contribution < 1.29 is 17.7 Å². The van der Waals surface area contributed by atoms with Crippen molar-refractivity contribution in [3.05, 3.63) is 17.0 Å². The van der Waals surface area contributed by atoms with Crippen LogP contribution in [0.5, 0.6) is 0 Å². The monoisotopic (exact) mass is 300 g/mol. The van der Waals surface area contributed by atoms with Gasteiger partial charge in [0.15, 0.2) is 9.84 Å². The van der Waals surface area contributed by atoms with Crippen LogP contribution in [-0.4, -0.2) is 49.0 Å². The number of carbonyl (C=O) groups is 1. The standard InChI is InChI=1S/C13H20N2O4S/c1-9-12(10(2)19-14-9)4-5-13(16)15(3)11-6-7-20(17,18)8-11/h11H,4-8H2,1-3H3. The lowest BCUT2D eigenvalue weighted by Crippen LogP contribution is -2.37. The first kappa shape index (κ1) is 15.0. The van der Waals surface area contributed by atoms with Crippen LogP contribution in [0.2, 0.25) is 0 Å². The maximum atomic E-state index is 12.1. The van der Waals surface area contributed by atoms with Gasteiger partial charge in [-0.05, 0) is 26.7 Å². The smallest absolute Gasteiger partial charge is 0.222 e. The summed E-state index contributed by atoms with van der Waals surface area (Å²) >= 11 is 0. The highest BCUT2D eigenvalue weighted by Crippen LogP contribution is 2.19. The maximum Gasteiger partial charge on any atom is 0.222 e. The highest BCUT2D eigenvalue weighted by atomic mass is 32.2. The number of sulfone groups is 1. The second-order valence-corrected chi connectivity index (χ2v) is 7.59. The first-order valence-electron chi connectivity index (χ1n) is 6.68. The molecule has 2 rings (SSSR count). The molecule has 1 fully saturated rings. The zero-order chi connectivity index (χ0) is 14.9. The van der Waals surface area contributed by atoms with E-state index in [4.69, 9.17) is 4.52 Å². The van der Waals surface area contributed by atoms with E-state index in [0.717, 1.165) is 17.0 Å². The Balaban J connectivity index is 1.92. The zero-order valence-corrected chi connectivity index (χ0v) is 12.9. The molecule has 0 aromatic carbocycles. The van der Waals surface area contributed by atoms with Gasteiger partial charge in [0.05, 0.1) is 17.2 Å². The molecular formula is C13H20N2O4S. The number of aryl methyl sites for hydroxylation is 2. The molecule has 1 unspecified atom stereocenters. The topological polar surface area (TPSA) is 80.5 Å². The van der Waals surface area contributed by atoms with Crippen LogP contribution in [0.4, 0.5) is 0 Å². The largest absolute Gasteiger partial charge is 0.361 e. The number of hydrogen-bond acceptors (Lipinski definition) is 5. The van der Waals surface area contributed by atoms with E-state index in [-0.39, 0.29) is 23.5 Å². The number of carbonyl (C=O) groups excluding carboxylic acids is 1. The first-order valence-corrected chi connectivity index (χ1v) is 8.50. The van der Waals surface area contributed by atoms with Gasteiger partial charge in [0.2, 0.25) is 5.91 Å². The Labute approximate surface area is 119 Å². The van der Waals surface area contributed by atoms with Gasteiger partial charge in [0, 0.05) is 25.1 Å². The Hall–Kier alpha value is -1.37. The van der Waals surface area contributed by atoms with Crippen molar-refractivity contribution in [2.75, 3.05) is 18.6 Å². The summed E-state index contributed by atoms with van der Waals surface area (Å²) in [7, 11) is -1.28. The van der Waals surface area contributed by atoms with Crippen molar-refractivity contribution in [1.29, 1.82) is 0 Å². The Morgan fingerprint density at radius 2 is 2.15 bits per heavy atom. The van der Waals surface area contributed by atoms with Crippen molar-refractivity contribution in [3.63, 3.8) is 0 Å². The highest BCUT2D eigenvalue weighted by molar-refractivity contribution is 7.91. The minimum atomic E-state index is -2.96. The molecule has 1 aliphatic rings. The van der Waals surface area contributed by atoms with Crippen molar-refractivity contribution in [2.24, 2.45) is 0 Å². The van der Waals surface area contributed by atoms with E-state index in [2.05, 4.69) is 5.16 Å². The fourth-order valence-electron chi connectivity index (χ4n) is 2.55. The van der Waals surface area contributed by atoms with Gasteiger partial charge in [0.1, 0.15) is 5.76 Å². The summed E-state index contributed by atoms with van der Waals surface area (Å²) in [6, 6.07) is -0.183. The molecule has 0 spiro atoms. The molecule has 1 saturated heterocycles. The fourth-order valence-corrected chi connectivity index (χ4v) is 4.33. The molecule has 0 bridgehead atoms. The van der Waals surface area contributed by atoms with Gasteiger partial charge in [-0.15, -0.1) is 0 Å². The molecular weight excluding hydrogens is 280 g/mol. The summed E-state index contributed by atoms with van der Waals surface area (Å²) in [6.07, 6.45) is 1.45. The number of nitrogens with zero attached hydrogens (tertiary/aromatic N) is 2. The van der Waals surface area contributed by atoms with E-state index in [1.54, 1.807) is 11.9 Å². The van der Waals surface area contributed by atoms with E-state index >= 15 is 0 Å². The summed E-state index contributed by atoms with van der Waals surface area (Å²) in [5.41, 5.74) is 1.77. The molecule has 1 atom stereocenters. The minimum Gasteiger partial charge on any atom is -0.361 e. The van der Waals surface area contributed by atoms with E-state index in [1.807, 2.05) is 13.8 Å². The van der Waals surface area contributed by atoms with Gasteiger partial charge in [-0.1, -0.05) is 5.16 Å². The van der Waals surface area contributed by atoms with Crippen LogP contribution in [0, 0.1) is 13.8 Å². The molecule has 1 amide bonds. The van der Waals surface area contributed by atoms with Crippen LogP contribution < -0.4 is 0 Å². The maximum absolute atomic E-state index is 12.1. The lowest BCUT2D eigenvalue weighted by molar-refractivity contribution is -0.131. The average Bonchev–Trinajstić information content (AvgIpc) is 2.89. The van der Waals surface area contributed by atoms with Crippen LogP contribution in [0.1, 0.15) is 29.9 Å². The molecule has 1 aliphatic heterocycles. The molecule has 1 aromatic rings. The lowest BCUT2D eigenvalue weighted by atomic mass is 10.1. The Kier molecular flexibility index (Phi) is 4.17. The second kappa shape index (κ2) is 5.55. The van der Waals surface area contributed by atoms with Crippen LogP contribution >= 0.6 is 0 Å². The van der Waals surface area contributed by atoms with Crippen LogP contribution in [0.25, 0.3) is 0 Å². The summed E-state index contributed by atoms with van der Waals surface area (Å²) in [6.45, 7) is 3.68. The fraction of sp³-hybridized carbons (Fsp3) is 0.692. The Bertz CT molecular complexity index is 586. The van der Waals surface area contributed by atoms with Crippen molar-refractivity contribution in [2.45, 2.75) is 39.2 Å². The first-order chi connectivity index (χ1) is 9.30. The van der Waals surface area contributed by atoms with Crippen molar-refractivity contribution in [3.8, 4) is 0 Å². The molecule has 1 aromatic heterocycles. The SMILES string of the molecule is Cc1noc(C)c1CCC(=O)N(C)C1CCS(=O)(=O)C1. The summed E-state index contributed by atoms with van der Waals surface area (Å²) in [4.78, 5) is 13.7. The van der Waals surface area contributed by atoms with E-state index in [1.165, 1.54) is 0 Å². The third-order valence-electron chi connectivity index (χ3n) is 3.92. The molecule has 0 N–H and O–H groups in total. The van der Waals surface area contributed by atoms with Crippen molar-refractivity contribution >= 4 is 15.7 Å². The summed E-state index contributed by atoms with van der Waals surface area (Å²) < 4.78 is 27.9. The Morgan fingerprint density at radius 1 is 1.45 bits per heavy atom. The lowest BCUT2D eigenvalue weighted by Gasteiger charge is -2.23. The molecule has 0 aliphatic carbocycles. The molecule has 0 radical (unpaired) electrons. The summed E-state index contributed by atoms with van der Waals surface area (Å²) in [5, 5.41) is 3.86. The normalized spacial score (nSPS) is 21.1. The van der Waals surface area contributed by atoms with E-state index < -0.39 is 9.84 Å². The molecule has 112 valence electrons. The average molecular weight is 300 g/mol. The molecule has 20 heavy (non-hydrogen) atoms. The summed E-state index contributed by atoms with van der Waals surface area (Å²) in [5.74, 6) is 0.966. The zero-order valence-electron chi connectivity index (χ0n) is 12.0. The van der Waals surface area contributed by atoms with Gasteiger partial charge < -0.3 is 9.42 Å². The Morgan fingerprint density at radius 3 is 2.65 bits per heavy atom. The predicted molar refractivity (Wildman–Crippen MR) is 74.1 cm³/mol. The predicted octanol–water partition coefficient (Wildman–Crippen LogP) is 0.870. The molecule has 0 saturated carbocycles. The number of rotatable bonds is 4. The van der Waals surface area contributed by atoms with Crippen molar-refractivity contribution in [1.82, 2.24) is 10.1 Å². The quantitative estimate of drug-likeness (QED) is 0.824. The molecule has 7 heteroatoms. The molecule has 6 nitrogen and oxygen atoms in total. The minimum absolute atomic E-state index is 0.0351. The van der Waals surface area contributed by atoms with Gasteiger partial charge in [-0.25, -0.2) is 8.42 Å². The van der Waals surface area contributed by atoms with Crippen LogP contribution in [0.15, 0.2) is 4.52 Å². The van der Waals surface area contributed by atoms with Gasteiger partial charge >= 0.3 is 0 Å². The number of aromatic nitrogens is 1. The van der Waals surface area contributed by atoms with Crippen LogP contribution in [-0.2, 0) is 21.1 Å². The number of amides is 1. The number of hydrogen-bond donors (Lipinski definition) is 0. The highest BCUT2D eigenvalue weighted by Gasteiger charge is 2.32. The second-order valence-electron chi connectivity index (χ2n) is 5.36. The van der Waals surface area contributed by atoms with Gasteiger partial charge in [-0.2, -0.15) is 0 Å². The third kappa shape index (κ3) is 3.20. The van der Waals surface area contributed by atoms with Crippen LogP contribution in [0.3, 0.4) is 0 Å². The third-order valence-corrected chi connectivity index (χ3v) is 5.67. The van der Waals surface area contributed by atoms with Gasteiger partial charge in [0.25, 0.3) is 0 Å². The van der Waals surface area contributed by atoms with E-state index in [0.29, 0.717) is 19.3 Å².